The van der Waals surface area contributed by atoms with Crippen LogP contribution in [-0.2, 0) is 18.4 Å². The number of aryl methyl sites for hydroxylation is 1. The summed E-state index contributed by atoms with van der Waals surface area (Å²) in [5.74, 6) is 0.745. The molecule has 0 aliphatic rings. The van der Waals surface area contributed by atoms with Gasteiger partial charge in [0.25, 0.3) is 0 Å². The molecule has 0 atom stereocenters. The summed E-state index contributed by atoms with van der Waals surface area (Å²) in [6.07, 6.45) is 6.46. The number of carbonyl (C=O) groups is 1. The number of ether oxygens (including phenoxy) is 2. The van der Waals surface area contributed by atoms with E-state index in [-0.39, 0.29) is 11.7 Å². The number of phenols is 1. The number of aromatic nitrogens is 2. The van der Waals surface area contributed by atoms with Crippen molar-refractivity contribution in [2.45, 2.75) is 6.61 Å². The Balaban J connectivity index is 1.59. The number of anilines is 1. The van der Waals surface area contributed by atoms with Crippen LogP contribution in [0.1, 0.15) is 11.3 Å². The van der Waals surface area contributed by atoms with Crippen molar-refractivity contribution < 1.29 is 19.4 Å². The van der Waals surface area contributed by atoms with Crippen LogP contribution in [0.2, 0.25) is 0 Å². The molecule has 0 aliphatic heterocycles. The van der Waals surface area contributed by atoms with Gasteiger partial charge < -0.3 is 24.5 Å². The lowest BCUT2D eigenvalue weighted by atomic mass is 10.2. The third-order valence-electron chi connectivity index (χ3n) is 4.03. The number of methoxy groups -OCH3 is 1. The number of rotatable bonds is 7. The van der Waals surface area contributed by atoms with Crippen molar-refractivity contribution in [1.29, 1.82) is 0 Å². The zero-order valence-corrected chi connectivity index (χ0v) is 15.6. The highest BCUT2D eigenvalue weighted by molar-refractivity contribution is 6.02. The fraction of sp³-hybridized carbons (Fsp3) is 0.143. The largest absolute Gasteiger partial charge is 0.504 e. The Kier molecular flexibility index (Phi) is 5.96. The summed E-state index contributed by atoms with van der Waals surface area (Å²) in [5, 5.41) is 12.6. The van der Waals surface area contributed by atoms with Crippen LogP contribution in [-0.4, -0.2) is 27.7 Å². The Morgan fingerprint density at radius 1 is 1.29 bits per heavy atom. The van der Waals surface area contributed by atoms with Crippen LogP contribution >= 0.6 is 0 Å². The van der Waals surface area contributed by atoms with Gasteiger partial charge >= 0.3 is 0 Å². The maximum Gasteiger partial charge on any atom is 0.248 e. The molecule has 144 valence electrons. The van der Waals surface area contributed by atoms with E-state index in [9.17, 15) is 9.90 Å². The molecule has 2 N–H and O–H groups in total. The van der Waals surface area contributed by atoms with E-state index >= 15 is 0 Å². The number of amides is 1. The highest BCUT2D eigenvalue weighted by atomic mass is 16.5. The Bertz CT molecular complexity index is 995. The molecule has 0 aliphatic carbocycles. The lowest BCUT2D eigenvalue weighted by Crippen LogP contribution is -2.08. The monoisotopic (exact) mass is 379 g/mol. The lowest BCUT2D eigenvalue weighted by Gasteiger charge is -2.09. The van der Waals surface area contributed by atoms with Gasteiger partial charge in [0.2, 0.25) is 5.91 Å². The van der Waals surface area contributed by atoms with E-state index in [1.54, 1.807) is 48.9 Å². The molecular weight excluding hydrogens is 358 g/mol. The van der Waals surface area contributed by atoms with Gasteiger partial charge in [0, 0.05) is 24.9 Å². The summed E-state index contributed by atoms with van der Waals surface area (Å²) in [6.45, 7) is 0.384. The van der Waals surface area contributed by atoms with Crippen molar-refractivity contribution in [3.8, 4) is 17.2 Å². The second-order valence-electron chi connectivity index (χ2n) is 6.07. The van der Waals surface area contributed by atoms with Crippen LogP contribution in [0.3, 0.4) is 0 Å². The number of carbonyl (C=O) groups excluding carboxylic acids is 1. The van der Waals surface area contributed by atoms with Crippen molar-refractivity contribution in [2.75, 3.05) is 12.4 Å². The van der Waals surface area contributed by atoms with Gasteiger partial charge in [0.15, 0.2) is 11.5 Å². The molecule has 0 bridgehead atoms. The first-order valence-electron chi connectivity index (χ1n) is 8.59. The Labute approximate surface area is 162 Å². The smallest absolute Gasteiger partial charge is 0.248 e. The average Bonchev–Trinajstić information content (AvgIpc) is 3.10. The fourth-order valence-corrected chi connectivity index (χ4v) is 2.51. The third-order valence-corrected chi connectivity index (χ3v) is 4.03. The summed E-state index contributed by atoms with van der Waals surface area (Å²) in [7, 11) is 3.38. The maximum atomic E-state index is 12.2. The van der Waals surface area contributed by atoms with E-state index in [0.29, 0.717) is 29.4 Å². The average molecular weight is 379 g/mol. The van der Waals surface area contributed by atoms with Gasteiger partial charge in [0.05, 0.1) is 25.3 Å². The maximum absolute atomic E-state index is 12.2. The second kappa shape index (κ2) is 8.77. The van der Waals surface area contributed by atoms with Gasteiger partial charge in [0.1, 0.15) is 12.4 Å². The Morgan fingerprint density at radius 3 is 2.86 bits per heavy atom. The molecule has 0 fully saturated rings. The van der Waals surface area contributed by atoms with Gasteiger partial charge in [-0.2, -0.15) is 0 Å². The standard InChI is InChI=1S/C21H21N3O4/c1-24-14-22-12-17(24)13-28-18-5-3-4-16(11-18)23-21(26)9-7-15-6-8-20(27-2)19(25)10-15/h3-12,14,25H,13H2,1-2H3,(H,23,26). The minimum absolute atomic E-state index is 0.0170. The van der Waals surface area contributed by atoms with Crippen LogP contribution in [0.25, 0.3) is 6.08 Å². The first-order valence-corrected chi connectivity index (χ1v) is 8.59. The molecule has 0 spiro atoms. The lowest BCUT2D eigenvalue weighted by molar-refractivity contribution is -0.111. The first kappa shape index (κ1) is 19.0. The normalized spacial score (nSPS) is 10.8. The Morgan fingerprint density at radius 2 is 2.14 bits per heavy atom. The third kappa shape index (κ3) is 4.91. The fourth-order valence-electron chi connectivity index (χ4n) is 2.51. The molecule has 2 aromatic carbocycles. The molecule has 1 amide bonds. The molecule has 0 radical (unpaired) electrons. The molecule has 1 aromatic heterocycles. The molecular formula is C21H21N3O4. The molecule has 7 nitrogen and oxygen atoms in total. The topological polar surface area (TPSA) is 85.6 Å². The van der Waals surface area contributed by atoms with Gasteiger partial charge in [-0.25, -0.2) is 4.98 Å². The number of benzene rings is 2. The predicted molar refractivity (Wildman–Crippen MR) is 106 cm³/mol. The number of nitrogens with zero attached hydrogens (tertiary/aromatic N) is 2. The minimum Gasteiger partial charge on any atom is -0.504 e. The minimum atomic E-state index is -0.293. The van der Waals surface area contributed by atoms with Gasteiger partial charge in [-0.15, -0.1) is 0 Å². The van der Waals surface area contributed by atoms with Crippen molar-refractivity contribution in [1.82, 2.24) is 9.55 Å². The highest BCUT2D eigenvalue weighted by Crippen LogP contribution is 2.26. The zero-order chi connectivity index (χ0) is 19.9. The number of aromatic hydroxyl groups is 1. The van der Waals surface area contributed by atoms with E-state index in [1.807, 2.05) is 17.7 Å². The van der Waals surface area contributed by atoms with E-state index < -0.39 is 0 Å². The van der Waals surface area contributed by atoms with E-state index in [1.165, 1.54) is 19.3 Å². The van der Waals surface area contributed by atoms with Crippen LogP contribution < -0.4 is 14.8 Å². The molecule has 0 unspecified atom stereocenters. The quantitative estimate of drug-likeness (QED) is 0.615. The summed E-state index contributed by atoms with van der Waals surface area (Å²) in [5.41, 5.74) is 2.25. The van der Waals surface area contributed by atoms with Gasteiger partial charge in [-0.05, 0) is 35.9 Å². The molecule has 28 heavy (non-hydrogen) atoms. The highest BCUT2D eigenvalue weighted by Gasteiger charge is 2.04. The molecule has 0 saturated carbocycles. The van der Waals surface area contributed by atoms with Crippen LogP contribution in [0, 0.1) is 0 Å². The van der Waals surface area contributed by atoms with Gasteiger partial charge in [-0.3, -0.25) is 4.79 Å². The van der Waals surface area contributed by atoms with Crippen molar-refractivity contribution >= 4 is 17.7 Å². The summed E-state index contributed by atoms with van der Waals surface area (Å²) >= 11 is 0. The number of hydrogen-bond acceptors (Lipinski definition) is 5. The zero-order valence-electron chi connectivity index (χ0n) is 15.6. The van der Waals surface area contributed by atoms with Crippen molar-refractivity contribution in [3.05, 3.63) is 72.3 Å². The van der Waals surface area contributed by atoms with Crippen LogP contribution in [0.15, 0.2) is 61.1 Å². The molecule has 1 heterocycles. The van der Waals surface area contributed by atoms with E-state index in [0.717, 1.165) is 5.69 Å². The Hall–Kier alpha value is -3.74. The molecule has 0 saturated heterocycles. The number of nitrogens with one attached hydrogen (secondary N) is 1. The second-order valence-corrected chi connectivity index (χ2v) is 6.07. The summed E-state index contributed by atoms with van der Waals surface area (Å²) in [4.78, 5) is 16.2. The van der Waals surface area contributed by atoms with Crippen LogP contribution in [0.5, 0.6) is 17.2 Å². The number of hydrogen-bond donors (Lipinski definition) is 2. The van der Waals surface area contributed by atoms with Crippen molar-refractivity contribution in [2.24, 2.45) is 7.05 Å². The number of phenolic OH excluding ortho intramolecular Hbond substituents is 1. The van der Waals surface area contributed by atoms with Crippen LogP contribution in [0.4, 0.5) is 5.69 Å². The predicted octanol–water partition coefficient (Wildman–Crippen LogP) is 3.37. The number of imidazole rings is 1. The van der Waals surface area contributed by atoms with Crippen molar-refractivity contribution in [3.63, 3.8) is 0 Å². The molecule has 3 aromatic rings. The summed E-state index contributed by atoms with van der Waals surface area (Å²) < 4.78 is 12.6. The van der Waals surface area contributed by atoms with Gasteiger partial charge in [-0.1, -0.05) is 12.1 Å². The van der Waals surface area contributed by atoms with E-state index in [4.69, 9.17) is 9.47 Å². The molecule has 7 heteroatoms. The first-order chi connectivity index (χ1) is 13.5. The van der Waals surface area contributed by atoms with E-state index in [2.05, 4.69) is 10.3 Å². The SMILES string of the molecule is COc1ccc(C=CC(=O)Nc2cccc(OCc3cncn3C)c2)cc1O. The molecule has 3 rings (SSSR count). The summed E-state index contributed by atoms with van der Waals surface area (Å²) in [6, 6.07) is 12.1.